The van der Waals surface area contributed by atoms with Crippen LogP contribution in [0.4, 0.5) is 0 Å². The SMILES string of the molecule is COCCOCCOCCOc1cnccc1C#N. The maximum Gasteiger partial charge on any atom is 0.155 e. The first-order valence-corrected chi connectivity index (χ1v) is 6.00. The van der Waals surface area contributed by atoms with E-state index in [9.17, 15) is 0 Å². The van der Waals surface area contributed by atoms with E-state index in [0.717, 1.165) is 0 Å². The molecule has 1 rings (SSSR count). The molecular weight excluding hydrogens is 248 g/mol. The average molecular weight is 266 g/mol. The van der Waals surface area contributed by atoms with Crippen LogP contribution in [0.15, 0.2) is 18.5 Å². The van der Waals surface area contributed by atoms with E-state index < -0.39 is 0 Å². The van der Waals surface area contributed by atoms with Crippen LogP contribution in [0, 0.1) is 11.3 Å². The quantitative estimate of drug-likeness (QED) is 0.588. The first kappa shape index (κ1) is 15.4. The Morgan fingerprint density at radius 1 is 1.11 bits per heavy atom. The van der Waals surface area contributed by atoms with Crippen LogP contribution in [0.2, 0.25) is 0 Å². The maximum atomic E-state index is 8.85. The number of hydrogen-bond donors (Lipinski definition) is 0. The predicted octanol–water partition coefficient (Wildman–Crippen LogP) is 1.01. The molecule has 0 aliphatic heterocycles. The molecule has 0 aromatic carbocycles. The number of aromatic nitrogens is 1. The van der Waals surface area contributed by atoms with Gasteiger partial charge in [-0.2, -0.15) is 5.26 Å². The zero-order chi connectivity index (χ0) is 13.8. The summed E-state index contributed by atoms with van der Waals surface area (Å²) in [6.07, 6.45) is 3.08. The summed E-state index contributed by atoms with van der Waals surface area (Å²) in [7, 11) is 1.63. The minimum absolute atomic E-state index is 0.373. The fourth-order valence-corrected chi connectivity index (χ4v) is 1.26. The fourth-order valence-electron chi connectivity index (χ4n) is 1.26. The summed E-state index contributed by atoms with van der Waals surface area (Å²) >= 11 is 0. The number of rotatable bonds is 10. The maximum absolute atomic E-state index is 8.85. The molecule has 0 bridgehead atoms. The van der Waals surface area contributed by atoms with Gasteiger partial charge in [0.2, 0.25) is 0 Å². The molecule has 6 heteroatoms. The average Bonchev–Trinajstić information content (AvgIpc) is 2.46. The van der Waals surface area contributed by atoms with Crippen LogP contribution in [-0.4, -0.2) is 51.7 Å². The largest absolute Gasteiger partial charge is 0.488 e. The zero-order valence-corrected chi connectivity index (χ0v) is 11.0. The van der Waals surface area contributed by atoms with Crippen molar-refractivity contribution in [3.05, 3.63) is 24.0 Å². The van der Waals surface area contributed by atoms with Crippen LogP contribution in [0.5, 0.6) is 5.75 Å². The summed E-state index contributed by atoms with van der Waals surface area (Å²) < 4.78 is 20.8. The standard InChI is InChI=1S/C13H18N2O4/c1-16-4-5-17-6-7-18-8-9-19-13-11-15-3-2-12(13)10-14/h2-3,11H,4-9H2,1H3. The molecule has 0 saturated heterocycles. The smallest absolute Gasteiger partial charge is 0.155 e. The molecule has 0 N–H and O–H groups in total. The second-order valence-electron chi connectivity index (χ2n) is 3.55. The third-order valence-corrected chi connectivity index (χ3v) is 2.19. The molecule has 0 aliphatic rings. The van der Waals surface area contributed by atoms with E-state index in [2.05, 4.69) is 4.98 Å². The van der Waals surface area contributed by atoms with Gasteiger partial charge in [-0.25, -0.2) is 0 Å². The molecule has 0 spiro atoms. The molecule has 1 aromatic rings. The van der Waals surface area contributed by atoms with Crippen LogP contribution in [0.25, 0.3) is 0 Å². The van der Waals surface area contributed by atoms with E-state index in [4.69, 9.17) is 24.2 Å². The Morgan fingerprint density at radius 3 is 2.47 bits per heavy atom. The lowest BCUT2D eigenvalue weighted by atomic mass is 10.3. The molecule has 0 fully saturated rings. The van der Waals surface area contributed by atoms with Crippen LogP contribution >= 0.6 is 0 Å². The van der Waals surface area contributed by atoms with Gasteiger partial charge in [0.05, 0.1) is 44.8 Å². The van der Waals surface area contributed by atoms with E-state index in [1.54, 1.807) is 19.4 Å². The van der Waals surface area contributed by atoms with Crippen molar-refractivity contribution in [3.8, 4) is 11.8 Å². The van der Waals surface area contributed by atoms with E-state index >= 15 is 0 Å². The Balaban J connectivity index is 2.03. The monoisotopic (exact) mass is 266 g/mol. The Kier molecular flexibility index (Phi) is 8.31. The highest BCUT2D eigenvalue weighted by Crippen LogP contribution is 2.14. The molecule has 19 heavy (non-hydrogen) atoms. The van der Waals surface area contributed by atoms with Gasteiger partial charge in [-0.3, -0.25) is 4.98 Å². The Bertz CT molecular complexity index is 392. The lowest BCUT2D eigenvalue weighted by molar-refractivity contribution is 0.0179. The highest BCUT2D eigenvalue weighted by atomic mass is 16.6. The molecular formula is C13H18N2O4. The van der Waals surface area contributed by atoms with E-state index in [1.165, 1.54) is 6.20 Å². The zero-order valence-electron chi connectivity index (χ0n) is 11.0. The summed E-state index contributed by atoms with van der Waals surface area (Å²) in [5, 5.41) is 8.85. The van der Waals surface area contributed by atoms with Crippen molar-refractivity contribution in [1.82, 2.24) is 4.98 Å². The number of hydrogen-bond acceptors (Lipinski definition) is 6. The molecule has 104 valence electrons. The summed E-state index contributed by atoms with van der Waals surface area (Å²) in [6.45, 7) is 3.00. The summed E-state index contributed by atoms with van der Waals surface area (Å²) in [6, 6.07) is 3.65. The van der Waals surface area contributed by atoms with Crippen molar-refractivity contribution in [3.63, 3.8) is 0 Å². The van der Waals surface area contributed by atoms with Crippen LogP contribution in [-0.2, 0) is 14.2 Å². The van der Waals surface area contributed by atoms with Crippen molar-refractivity contribution < 1.29 is 18.9 Å². The van der Waals surface area contributed by atoms with Gasteiger partial charge in [0.25, 0.3) is 0 Å². The van der Waals surface area contributed by atoms with E-state index in [0.29, 0.717) is 51.0 Å². The molecule has 0 radical (unpaired) electrons. The highest BCUT2D eigenvalue weighted by Gasteiger charge is 2.01. The van der Waals surface area contributed by atoms with Crippen molar-refractivity contribution in [2.24, 2.45) is 0 Å². The van der Waals surface area contributed by atoms with Gasteiger partial charge in [0.15, 0.2) is 5.75 Å². The first-order valence-electron chi connectivity index (χ1n) is 6.00. The van der Waals surface area contributed by atoms with Crippen molar-refractivity contribution >= 4 is 0 Å². The lowest BCUT2D eigenvalue weighted by Crippen LogP contribution is -2.12. The van der Waals surface area contributed by atoms with Crippen molar-refractivity contribution in [2.45, 2.75) is 0 Å². The van der Waals surface area contributed by atoms with Crippen LogP contribution in [0.3, 0.4) is 0 Å². The van der Waals surface area contributed by atoms with Gasteiger partial charge in [-0.05, 0) is 6.07 Å². The second kappa shape index (κ2) is 10.3. The molecule has 0 amide bonds. The van der Waals surface area contributed by atoms with Gasteiger partial charge >= 0.3 is 0 Å². The van der Waals surface area contributed by atoms with Crippen molar-refractivity contribution in [2.75, 3.05) is 46.8 Å². The van der Waals surface area contributed by atoms with Gasteiger partial charge in [0, 0.05) is 13.3 Å². The van der Waals surface area contributed by atoms with Gasteiger partial charge in [-0.15, -0.1) is 0 Å². The normalized spacial score (nSPS) is 10.1. The molecule has 0 unspecified atom stereocenters. The highest BCUT2D eigenvalue weighted by molar-refractivity contribution is 5.40. The summed E-state index contributed by atoms with van der Waals surface area (Å²) in [4.78, 5) is 3.90. The van der Waals surface area contributed by atoms with Gasteiger partial charge < -0.3 is 18.9 Å². The molecule has 0 saturated carbocycles. The Labute approximate surface area is 112 Å². The molecule has 1 aromatic heterocycles. The minimum atomic E-state index is 0.373. The Morgan fingerprint density at radius 2 is 1.79 bits per heavy atom. The molecule has 0 aliphatic carbocycles. The lowest BCUT2D eigenvalue weighted by Gasteiger charge is -2.08. The summed E-state index contributed by atoms with van der Waals surface area (Å²) in [5.74, 6) is 0.477. The van der Waals surface area contributed by atoms with Gasteiger partial charge in [0.1, 0.15) is 12.7 Å². The van der Waals surface area contributed by atoms with Gasteiger partial charge in [-0.1, -0.05) is 0 Å². The fraction of sp³-hybridized carbons (Fsp3) is 0.538. The van der Waals surface area contributed by atoms with E-state index in [-0.39, 0.29) is 0 Å². The predicted molar refractivity (Wildman–Crippen MR) is 68.0 cm³/mol. The molecule has 0 atom stereocenters. The number of pyridine rings is 1. The second-order valence-corrected chi connectivity index (χ2v) is 3.55. The van der Waals surface area contributed by atoms with E-state index in [1.807, 2.05) is 6.07 Å². The Hall–Kier alpha value is -1.68. The first-order chi connectivity index (χ1) is 9.38. The minimum Gasteiger partial charge on any atom is -0.488 e. The van der Waals surface area contributed by atoms with Crippen LogP contribution in [0.1, 0.15) is 5.56 Å². The number of nitrogens with zero attached hydrogens (tertiary/aromatic N) is 2. The van der Waals surface area contributed by atoms with Crippen LogP contribution < -0.4 is 4.74 Å². The molecule has 1 heterocycles. The topological polar surface area (TPSA) is 73.6 Å². The third kappa shape index (κ3) is 6.72. The third-order valence-electron chi connectivity index (χ3n) is 2.19. The van der Waals surface area contributed by atoms with Crippen molar-refractivity contribution in [1.29, 1.82) is 5.26 Å². The number of methoxy groups -OCH3 is 1. The number of ether oxygens (including phenoxy) is 4. The summed E-state index contributed by atoms with van der Waals surface area (Å²) in [5.41, 5.74) is 0.470. The molecule has 6 nitrogen and oxygen atoms in total. The number of nitriles is 1.